The molecule has 2 aromatic rings. The van der Waals surface area contributed by atoms with Crippen molar-refractivity contribution in [1.29, 1.82) is 0 Å². The molecule has 0 bridgehead atoms. The summed E-state index contributed by atoms with van der Waals surface area (Å²) in [5.74, 6) is -0.976. The summed E-state index contributed by atoms with van der Waals surface area (Å²) >= 11 is 0. The Kier molecular flexibility index (Phi) is 2.25. The number of carbonyl (C=O) groups excluding carboxylic acids is 1. The Morgan fingerprint density at radius 2 is 2.13 bits per heavy atom. The maximum absolute atomic E-state index is 10.9. The number of carboxylic acid groups (broad SMARTS) is 1. The fourth-order valence-corrected chi connectivity index (χ4v) is 1.65. The van der Waals surface area contributed by atoms with Crippen LogP contribution in [0.3, 0.4) is 0 Å². The molecule has 0 amide bonds. The van der Waals surface area contributed by atoms with Gasteiger partial charge >= 0.3 is 5.97 Å². The quantitative estimate of drug-likeness (QED) is 0.769. The average molecular weight is 203 g/mol. The second-order valence-electron chi connectivity index (χ2n) is 3.18. The van der Waals surface area contributed by atoms with Crippen LogP contribution < -0.4 is 0 Å². The molecule has 0 unspecified atom stereocenters. The topological polar surface area (TPSA) is 59.3 Å². The van der Waals surface area contributed by atoms with E-state index in [-0.39, 0.29) is 12.1 Å². The number of fused-ring (bicyclic) bond motifs is 1. The first kappa shape index (κ1) is 9.45. The molecule has 0 aliphatic carbocycles. The van der Waals surface area contributed by atoms with E-state index in [4.69, 9.17) is 5.11 Å². The van der Waals surface area contributed by atoms with Crippen molar-refractivity contribution < 1.29 is 14.7 Å². The molecule has 0 radical (unpaired) electrons. The summed E-state index contributed by atoms with van der Waals surface area (Å²) in [7, 11) is 0. The van der Waals surface area contributed by atoms with Gasteiger partial charge in [0.15, 0.2) is 0 Å². The molecule has 0 aliphatic heterocycles. The molecule has 15 heavy (non-hydrogen) atoms. The number of benzene rings is 1. The lowest BCUT2D eigenvalue weighted by Crippen LogP contribution is -1.97. The number of carboxylic acids is 1. The number of para-hydroxylation sites is 1. The lowest BCUT2D eigenvalue weighted by atomic mass is 10.2. The fourth-order valence-electron chi connectivity index (χ4n) is 1.65. The lowest BCUT2D eigenvalue weighted by Gasteiger charge is -1.97. The maximum Gasteiger partial charge on any atom is 0.337 e. The van der Waals surface area contributed by atoms with Gasteiger partial charge in [0.2, 0.25) is 0 Å². The Balaban J connectivity index is 2.72. The standard InChI is InChI=1S/C11H9NO3/c13-6-5-12-7-9(11(14)15)8-3-1-2-4-10(8)12/h1-4,6-7H,5H2,(H,14,15). The van der Waals surface area contributed by atoms with Crippen LogP contribution in [0.2, 0.25) is 0 Å². The summed E-state index contributed by atoms with van der Waals surface area (Å²) in [5.41, 5.74) is 0.995. The second kappa shape index (κ2) is 3.57. The Morgan fingerprint density at radius 3 is 2.80 bits per heavy atom. The Bertz CT molecular complexity index is 528. The third-order valence-electron chi connectivity index (χ3n) is 2.29. The van der Waals surface area contributed by atoms with Crippen molar-refractivity contribution in [1.82, 2.24) is 4.57 Å². The Labute approximate surface area is 85.7 Å². The molecule has 0 saturated carbocycles. The monoisotopic (exact) mass is 203 g/mol. The summed E-state index contributed by atoms with van der Waals surface area (Å²) in [4.78, 5) is 21.4. The van der Waals surface area contributed by atoms with Crippen molar-refractivity contribution in [3.05, 3.63) is 36.0 Å². The number of carbonyl (C=O) groups is 2. The van der Waals surface area contributed by atoms with E-state index in [0.29, 0.717) is 5.39 Å². The summed E-state index contributed by atoms with van der Waals surface area (Å²) in [6.45, 7) is 0.174. The van der Waals surface area contributed by atoms with Gasteiger partial charge in [0.25, 0.3) is 0 Å². The highest BCUT2D eigenvalue weighted by Gasteiger charge is 2.12. The SMILES string of the molecule is O=CCn1cc(C(=O)O)c2ccccc21. The van der Waals surface area contributed by atoms with Gasteiger partial charge in [-0.25, -0.2) is 4.79 Å². The number of aldehydes is 1. The van der Waals surface area contributed by atoms with Crippen LogP contribution in [0.4, 0.5) is 0 Å². The number of hydrogen-bond acceptors (Lipinski definition) is 2. The number of nitrogens with zero attached hydrogens (tertiary/aromatic N) is 1. The van der Waals surface area contributed by atoms with Crippen LogP contribution in [0.5, 0.6) is 0 Å². The van der Waals surface area contributed by atoms with Gasteiger partial charge in [0, 0.05) is 17.1 Å². The first-order valence-corrected chi connectivity index (χ1v) is 4.49. The summed E-state index contributed by atoms with van der Waals surface area (Å²) in [6.07, 6.45) is 2.24. The molecule has 0 atom stereocenters. The predicted molar refractivity (Wildman–Crippen MR) is 55.0 cm³/mol. The fraction of sp³-hybridized carbons (Fsp3) is 0.0909. The molecule has 1 aromatic heterocycles. The zero-order valence-electron chi connectivity index (χ0n) is 7.88. The van der Waals surface area contributed by atoms with E-state index < -0.39 is 5.97 Å². The zero-order chi connectivity index (χ0) is 10.8. The van der Waals surface area contributed by atoms with Crippen molar-refractivity contribution in [2.24, 2.45) is 0 Å². The van der Waals surface area contributed by atoms with Gasteiger partial charge in [-0.2, -0.15) is 0 Å². The van der Waals surface area contributed by atoms with Gasteiger partial charge in [0.05, 0.1) is 12.1 Å². The first-order chi connectivity index (χ1) is 7.24. The maximum atomic E-state index is 10.9. The number of rotatable bonds is 3. The molecule has 0 saturated heterocycles. The second-order valence-corrected chi connectivity index (χ2v) is 3.18. The third-order valence-corrected chi connectivity index (χ3v) is 2.29. The van der Waals surface area contributed by atoms with Crippen LogP contribution in [0.25, 0.3) is 10.9 Å². The molecule has 1 N–H and O–H groups in total. The van der Waals surface area contributed by atoms with Crippen molar-refractivity contribution in [2.45, 2.75) is 6.54 Å². The van der Waals surface area contributed by atoms with Gasteiger partial charge in [0.1, 0.15) is 6.29 Å². The van der Waals surface area contributed by atoms with E-state index in [2.05, 4.69) is 0 Å². The lowest BCUT2D eigenvalue weighted by molar-refractivity contribution is -0.108. The van der Waals surface area contributed by atoms with Crippen LogP contribution in [0.1, 0.15) is 10.4 Å². The molecular formula is C11H9NO3. The Morgan fingerprint density at radius 1 is 1.40 bits per heavy atom. The molecule has 4 heteroatoms. The minimum Gasteiger partial charge on any atom is -0.478 e. The average Bonchev–Trinajstić information content (AvgIpc) is 2.59. The normalized spacial score (nSPS) is 10.4. The highest BCUT2D eigenvalue weighted by molar-refractivity contribution is 6.03. The molecule has 0 spiro atoms. The van der Waals surface area contributed by atoms with Crippen molar-refractivity contribution in [2.75, 3.05) is 0 Å². The van der Waals surface area contributed by atoms with E-state index in [9.17, 15) is 9.59 Å². The van der Waals surface area contributed by atoms with E-state index in [0.717, 1.165) is 11.8 Å². The summed E-state index contributed by atoms with van der Waals surface area (Å²) in [5, 5.41) is 9.62. The van der Waals surface area contributed by atoms with E-state index in [1.54, 1.807) is 22.8 Å². The molecular weight excluding hydrogens is 194 g/mol. The first-order valence-electron chi connectivity index (χ1n) is 4.49. The van der Waals surface area contributed by atoms with Crippen LogP contribution in [-0.2, 0) is 11.3 Å². The van der Waals surface area contributed by atoms with Crippen LogP contribution >= 0.6 is 0 Å². The van der Waals surface area contributed by atoms with Gasteiger partial charge in [-0.3, -0.25) is 0 Å². The third kappa shape index (κ3) is 1.50. The van der Waals surface area contributed by atoms with Crippen LogP contribution in [0, 0.1) is 0 Å². The van der Waals surface area contributed by atoms with Crippen LogP contribution in [0.15, 0.2) is 30.5 Å². The number of hydrogen-bond donors (Lipinski definition) is 1. The molecule has 0 fully saturated rings. The van der Waals surface area contributed by atoms with Gasteiger partial charge in [-0.05, 0) is 6.07 Å². The van der Waals surface area contributed by atoms with E-state index in [1.807, 2.05) is 6.07 Å². The minimum atomic E-state index is -0.976. The smallest absolute Gasteiger partial charge is 0.337 e. The zero-order valence-corrected chi connectivity index (χ0v) is 7.88. The van der Waals surface area contributed by atoms with Gasteiger partial charge < -0.3 is 14.5 Å². The Hall–Kier alpha value is -2.10. The van der Waals surface area contributed by atoms with Crippen LogP contribution in [-0.4, -0.2) is 21.9 Å². The van der Waals surface area contributed by atoms with E-state index >= 15 is 0 Å². The minimum absolute atomic E-state index is 0.174. The van der Waals surface area contributed by atoms with E-state index in [1.165, 1.54) is 6.20 Å². The number of aromatic nitrogens is 1. The van der Waals surface area contributed by atoms with Gasteiger partial charge in [-0.15, -0.1) is 0 Å². The highest BCUT2D eigenvalue weighted by atomic mass is 16.4. The molecule has 76 valence electrons. The van der Waals surface area contributed by atoms with Crippen molar-refractivity contribution in [3.8, 4) is 0 Å². The highest BCUT2D eigenvalue weighted by Crippen LogP contribution is 2.20. The number of aromatic carboxylic acids is 1. The molecule has 0 aliphatic rings. The van der Waals surface area contributed by atoms with Crippen molar-refractivity contribution >= 4 is 23.2 Å². The largest absolute Gasteiger partial charge is 0.478 e. The van der Waals surface area contributed by atoms with Crippen molar-refractivity contribution in [3.63, 3.8) is 0 Å². The molecule has 2 rings (SSSR count). The summed E-state index contributed by atoms with van der Waals surface area (Å²) < 4.78 is 1.63. The summed E-state index contributed by atoms with van der Waals surface area (Å²) in [6, 6.07) is 7.13. The molecule has 4 nitrogen and oxygen atoms in total. The molecule has 1 aromatic carbocycles. The predicted octanol–water partition coefficient (Wildman–Crippen LogP) is 1.54. The van der Waals surface area contributed by atoms with Gasteiger partial charge in [-0.1, -0.05) is 18.2 Å². The molecule has 1 heterocycles.